The Hall–Kier alpha value is -1.32. The summed E-state index contributed by atoms with van der Waals surface area (Å²) in [5.41, 5.74) is -0.566. The van der Waals surface area contributed by atoms with Gasteiger partial charge < -0.3 is 10.2 Å². The molecule has 1 saturated carbocycles. The third-order valence-corrected chi connectivity index (χ3v) is 3.88. The molecule has 4 heteroatoms. The third kappa shape index (κ3) is 1.85. The van der Waals surface area contributed by atoms with Crippen LogP contribution in [0, 0.1) is 0 Å². The number of amides is 2. The Morgan fingerprint density at radius 2 is 2.06 bits per heavy atom. The summed E-state index contributed by atoms with van der Waals surface area (Å²) in [5.74, 6) is 0.0798. The number of carbonyl (C=O) groups excluding carboxylic acids is 2. The van der Waals surface area contributed by atoms with E-state index in [1.165, 1.54) is 0 Å². The molecule has 1 spiro atoms. The van der Waals surface area contributed by atoms with Crippen LogP contribution >= 0.6 is 0 Å². The van der Waals surface area contributed by atoms with Crippen molar-refractivity contribution >= 4 is 11.8 Å². The molecule has 1 aliphatic carbocycles. The van der Waals surface area contributed by atoms with Gasteiger partial charge in [0.1, 0.15) is 11.6 Å². The fraction of sp³-hybridized carbons (Fsp3) is 0.692. The van der Waals surface area contributed by atoms with Crippen LogP contribution in [0.3, 0.4) is 0 Å². The highest BCUT2D eigenvalue weighted by Crippen LogP contribution is 2.37. The number of carbonyl (C=O) groups is 2. The van der Waals surface area contributed by atoms with Crippen LogP contribution < -0.4 is 5.32 Å². The molecule has 2 rings (SSSR count). The van der Waals surface area contributed by atoms with E-state index in [0.29, 0.717) is 6.54 Å². The zero-order chi connectivity index (χ0) is 12.5. The Morgan fingerprint density at radius 3 is 2.65 bits per heavy atom. The second-order valence-corrected chi connectivity index (χ2v) is 4.95. The molecule has 0 bridgehead atoms. The number of piperazine rings is 1. The molecule has 2 amide bonds. The number of allylic oxidation sites excluding steroid dienone is 1. The molecule has 4 nitrogen and oxygen atoms in total. The maximum Gasteiger partial charge on any atom is 0.246 e. The molecule has 1 unspecified atom stereocenters. The van der Waals surface area contributed by atoms with E-state index in [2.05, 4.69) is 5.32 Å². The summed E-state index contributed by atoms with van der Waals surface area (Å²) in [5, 5.41) is 2.81. The lowest BCUT2D eigenvalue weighted by Crippen LogP contribution is -2.69. The second-order valence-electron chi connectivity index (χ2n) is 4.95. The fourth-order valence-corrected chi connectivity index (χ4v) is 2.89. The molecule has 1 atom stereocenters. The molecule has 1 saturated heterocycles. The monoisotopic (exact) mass is 236 g/mol. The summed E-state index contributed by atoms with van der Waals surface area (Å²) in [6.07, 6.45) is 7.53. The molecular formula is C13H20N2O2. The van der Waals surface area contributed by atoms with Gasteiger partial charge in [-0.1, -0.05) is 25.0 Å². The van der Waals surface area contributed by atoms with E-state index in [-0.39, 0.29) is 17.9 Å². The van der Waals surface area contributed by atoms with Gasteiger partial charge in [-0.3, -0.25) is 9.59 Å². The first-order valence-corrected chi connectivity index (χ1v) is 6.35. The minimum Gasteiger partial charge on any atom is -0.343 e. The van der Waals surface area contributed by atoms with Crippen molar-refractivity contribution in [1.29, 1.82) is 0 Å². The van der Waals surface area contributed by atoms with Crippen LogP contribution in [0.2, 0.25) is 0 Å². The largest absolute Gasteiger partial charge is 0.343 e. The van der Waals surface area contributed by atoms with Crippen LogP contribution in [0.25, 0.3) is 0 Å². The van der Waals surface area contributed by atoms with Crippen LogP contribution in [-0.2, 0) is 9.59 Å². The molecule has 0 aromatic rings. The third-order valence-electron chi connectivity index (χ3n) is 3.88. The summed E-state index contributed by atoms with van der Waals surface area (Å²) in [6, 6.07) is -0.390. The smallest absolute Gasteiger partial charge is 0.246 e. The van der Waals surface area contributed by atoms with Crippen LogP contribution in [0.1, 0.15) is 39.5 Å². The molecule has 0 aromatic carbocycles. The molecule has 2 fully saturated rings. The first-order valence-electron chi connectivity index (χ1n) is 6.35. The first-order chi connectivity index (χ1) is 8.12. The highest BCUT2D eigenvalue weighted by Gasteiger charge is 2.52. The van der Waals surface area contributed by atoms with Crippen molar-refractivity contribution < 1.29 is 9.59 Å². The van der Waals surface area contributed by atoms with Crippen LogP contribution in [0.4, 0.5) is 0 Å². The standard InChI is InChI=1S/C13H20N2O2/c1-3-4-9-15-11(16)10(2)14-12(17)13(15)7-5-6-8-13/h3-4,10H,5-9H2,1-2H3,(H,14,17)/b4-3+. The van der Waals surface area contributed by atoms with Gasteiger partial charge in [0.15, 0.2) is 0 Å². The summed E-state index contributed by atoms with van der Waals surface area (Å²) in [7, 11) is 0. The maximum atomic E-state index is 12.2. The zero-order valence-electron chi connectivity index (χ0n) is 10.5. The Bertz CT molecular complexity index is 356. The molecule has 1 N–H and O–H groups in total. The van der Waals surface area contributed by atoms with Crippen LogP contribution in [0.5, 0.6) is 0 Å². The summed E-state index contributed by atoms with van der Waals surface area (Å²) >= 11 is 0. The van der Waals surface area contributed by atoms with E-state index >= 15 is 0 Å². The van der Waals surface area contributed by atoms with Gasteiger partial charge in [0.05, 0.1) is 0 Å². The molecule has 94 valence electrons. The highest BCUT2D eigenvalue weighted by atomic mass is 16.2. The SMILES string of the molecule is C/C=C/CN1C(=O)C(C)NC(=O)C12CCCC2. The molecule has 0 radical (unpaired) electrons. The van der Waals surface area contributed by atoms with Crippen molar-refractivity contribution in [3.8, 4) is 0 Å². The Labute approximate surface area is 102 Å². The molecule has 1 heterocycles. The maximum absolute atomic E-state index is 12.2. The van der Waals surface area contributed by atoms with Gasteiger partial charge in [0, 0.05) is 6.54 Å². The van der Waals surface area contributed by atoms with Crippen LogP contribution in [-0.4, -0.2) is 34.8 Å². The summed E-state index contributed by atoms with van der Waals surface area (Å²) in [6.45, 7) is 4.23. The summed E-state index contributed by atoms with van der Waals surface area (Å²) in [4.78, 5) is 26.2. The van der Waals surface area contributed by atoms with E-state index in [1.54, 1.807) is 11.8 Å². The first kappa shape index (κ1) is 12.1. The quantitative estimate of drug-likeness (QED) is 0.733. The van der Waals surface area contributed by atoms with Gasteiger partial charge in [-0.15, -0.1) is 0 Å². The molecule has 17 heavy (non-hydrogen) atoms. The minimum atomic E-state index is -0.566. The van der Waals surface area contributed by atoms with Gasteiger partial charge in [-0.2, -0.15) is 0 Å². The van der Waals surface area contributed by atoms with E-state index in [1.807, 2.05) is 19.1 Å². The molecule has 0 aromatic heterocycles. The summed E-state index contributed by atoms with van der Waals surface area (Å²) < 4.78 is 0. The van der Waals surface area contributed by atoms with Gasteiger partial charge in [-0.25, -0.2) is 0 Å². The molecule has 1 aliphatic heterocycles. The van der Waals surface area contributed by atoms with Crippen molar-refractivity contribution in [2.45, 2.75) is 51.1 Å². The van der Waals surface area contributed by atoms with Crippen molar-refractivity contribution in [2.75, 3.05) is 6.54 Å². The predicted molar refractivity (Wildman–Crippen MR) is 65.3 cm³/mol. The lowest BCUT2D eigenvalue weighted by molar-refractivity contribution is -0.155. The number of rotatable bonds is 2. The van der Waals surface area contributed by atoms with Crippen molar-refractivity contribution in [1.82, 2.24) is 10.2 Å². The van der Waals surface area contributed by atoms with E-state index in [0.717, 1.165) is 25.7 Å². The topological polar surface area (TPSA) is 49.4 Å². The number of hydrogen-bond acceptors (Lipinski definition) is 2. The molecule has 2 aliphatic rings. The lowest BCUT2D eigenvalue weighted by Gasteiger charge is -2.45. The zero-order valence-corrected chi connectivity index (χ0v) is 10.5. The van der Waals surface area contributed by atoms with Gasteiger partial charge in [0.25, 0.3) is 0 Å². The number of nitrogens with zero attached hydrogens (tertiary/aromatic N) is 1. The fourth-order valence-electron chi connectivity index (χ4n) is 2.89. The van der Waals surface area contributed by atoms with Crippen molar-refractivity contribution in [3.63, 3.8) is 0 Å². The van der Waals surface area contributed by atoms with Crippen molar-refractivity contribution in [3.05, 3.63) is 12.2 Å². The predicted octanol–water partition coefficient (Wildman–Crippen LogP) is 1.22. The molecular weight excluding hydrogens is 216 g/mol. The minimum absolute atomic E-state index is 0.0339. The van der Waals surface area contributed by atoms with Gasteiger partial charge in [0.2, 0.25) is 11.8 Å². The second kappa shape index (κ2) is 4.51. The van der Waals surface area contributed by atoms with Gasteiger partial charge >= 0.3 is 0 Å². The Kier molecular flexibility index (Phi) is 3.22. The average molecular weight is 236 g/mol. The normalized spacial score (nSPS) is 28.1. The van der Waals surface area contributed by atoms with Crippen LogP contribution in [0.15, 0.2) is 12.2 Å². The van der Waals surface area contributed by atoms with Crippen molar-refractivity contribution in [2.24, 2.45) is 0 Å². The van der Waals surface area contributed by atoms with E-state index in [9.17, 15) is 9.59 Å². The number of hydrogen-bond donors (Lipinski definition) is 1. The number of nitrogens with one attached hydrogen (secondary N) is 1. The highest BCUT2D eigenvalue weighted by molar-refractivity contribution is 5.99. The Balaban J connectivity index is 2.31. The Morgan fingerprint density at radius 1 is 1.41 bits per heavy atom. The lowest BCUT2D eigenvalue weighted by atomic mass is 9.89. The average Bonchev–Trinajstić information content (AvgIpc) is 2.77. The van der Waals surface area contributed by atoms with Gasteiger partial charge in [-0.05, 0) is 26.7 Å². The van der Waals surface area contributed by atoms with E-state index < -0.39 is 5.54 Å². The van der Waals surface area contributed by atoms with E-state index in [4.69, 9.17) is 0 Å².